The van der Waals surface area contributed by atoms with E-state index in [0.29, 0.717) is 6.61 Å². The Balaban J connectivity index is 1.97. The van der Waals surface area contributed by atoms with Gasteiger partial charge in [0.05, 0.1) is 6.61 Å². The third-order valence-corrected chi connectivity index (χ3v) is 3.71. The van der Waals surface area contributed by atoms with Crippen molar-refractivity contribution in [1.29, 1.82) is 0 Å². The van der Waals surface area contributed by atoms with Crippen LogP contribution in [-0.2, 0) is 4.79 Å². The average Bonchev–Trinajstić information content (AvgIpc) is 2.99. The topological polar surface area (TPSA) is 38.3 Å². The number of anilines is 1. The van der Waals surface area contributed by atoms with Crippen molar-refractivity contribution in [3.63, 3.8) is 0 Å². The third kappa shape index (κ3) is 4.76. The molecule has 2 aromatic rings. The maximum absolute atomic E-state index is 11.9. The normalized spacial score (nSPS) is 10.8. The number of amides is 1. The Bertz CT molecular complexity index is 618. The summed E-state index contributed by atoms with van der Waals surface area (Å²) in [7, 11) is 0. The van der Waals surface area contributed by atoms with E-state index in [-0.39, 0.29) is 5.91 Å². The number of carbonyl (C=O) groups is 1. The molecular formula is C17H19NO2S. The fraction of sp³-hybridized carbons (Fsp3) is 0.235. The Kier molecular flexibility index (Phi) is 5.58. The van der Waals surface area contributed by atoms with Crippen LogP contribution in [0.5, 0.6) is 5.75 Å². The van der Waals surface area contributed by atoms with E-state index < -0.39 is 0 Å². The van der Waals surface area contributed by atoms with Crippen LogP contribution in [0, 0.1) is 6.92 Å². The van der Waals surface area contributed by atoms with Crippen molar-refractivity contribution in [3.8, 4) is 5.75 Å². The van der Waals surface area contributed by atoms with Gasteiger partial charge in [-0.2, -0.15) is 0 Å². The second kappa shape index (κ2) is 7.64. The lowest BCUT2D eigenvalue weighted by atomic mass is 10.2. The quantitative estimate of drug-likeness (QED) is 0.798. The van der Waals surface area contributed by atoms with Crippen molar-refractivity contribution in [1.82, 2.24) is 0 Å². The summed E-state index contributed by atoms with van der Waals surface area (Å²) in [6.45, 7) is 4.73. The van der Waals surface area contributed by atoms with Crippen LogP contribution in [-0.4, -0.2) is 12.5 Å². The lowest BCUT2D eigenvalue weighted by molar-refractivity contribution is -0.111. The molecule has 0 aliphatic heterocycles. The number of carbonyl (C=O) groups excluding carboxylic acids is 1. The van der Waals surface area contributed by atoms with E-state index in [1.165, 1.54) is 0 Å². The Morgan fingerprint density at radius 3 is 2.90 bits per heavy atom. The Morgan fingerprint density at radius 1 is 1.38 bits per heavy atom. The maximum atomic E-state index is 11.9. The third-order valence-electron chi connectivity index (χ3n) is 2.87. The van der Waals surface area contributed by atoms with Gasteiger partial charge in [0, 0.05) is 16.6 Å². The number of ether oxygens (including phenoxy) is 1. The minimum Gasteiger partial charge on any atom is -0.494 e. The molecule has 1 aromatic carbocycles. The molecular weight excluding hydrogens is 282 g/mol. The van der Waals surface area contributed by atoms with E-state index in [1.807, 2.05) is 48.7 Å². The summed E-state index contributed by atoms with van der Waals surface area (Å²) in [5.74, 6) is 0.704. The molecule has 0 atom stereocenters. The van der Waals surface area contributed by atoms with Gasteiger partial charge in [-0.1, -0.05) is 13.0 Å². The molecule has 0 unspecified atom stereocenters. The highest BCUT2D eigenvalue weighted by Crippen LogP contribution is 2.21. The fourth-order valence-corrected chi connectivity index (χ4v) is 2.42. The number of hydrogen-bond acceptors (Lipinski definition) is 3. The second-order valence-electron chi connectivity index (χ2n) is 4.66. The number of benzene rings is 1. The summed E-state index contributed by atoms with van der Waals surface area (Å²) in [6, 6.07) is 9.62. The molecule has 21 heavy (non-hydrogen) atoms. The van der Waals surface area contributed by atoms with Gasteiger partial charge in [0.2, 0.25) is 5.91 Å². The summed E-state index contributed by atoms with van der Waals surface area (Å²) in [4.78, 5) is 13.0. The van der Waals surface area contributed by atoms with Gasteiger partial charge >= 0.3 is 0 Å². The first-order valence-corrected chi connectivity index (χ1v) is 7.83. The lowest BCUT2D eigenvalue weighted by Gasteiger charge is -2.10. The Morgan fingerprint density at radius 2 is 2.24 bits per heavy atom. The summed E-state index contributed by atoms with van der Waals surface area (Å²) in [6.07, 6.45) is 4.34. The SMILES string of the molecule is CCCOc1ccc(NC(=O)C=Cc2cccs2)c(C)c1. The number of nitrogens with one attached hydrogen (secondary N) is 1. The molecule has 0 aliphatic rings. The highest BCUT2D eigenvalue weighted by Gasteiger charge is 2.03. The van der Waals surface area contributed by atoms with Crippen LogP contribution in [0.25, 0.3) is 6.08 Å². The molecule has 0 spiro atoms. The molecule has 0 radical (unpaired) electrons. The summed E-state index contributed by atoms with van der Waals surface area (Å²) in [5, 5.41) is 4.86. The maximum Gasteiger partial charge on any atom is 0.248 e. The van der Waals surface area contributed by atoms with E-state index in [9.17, 15) is 4.79 Å². The molecule has 0 aliphatic carbocycles. The standard InChI is InChI=1S/C17H19NO2S/c1-3-10-20-14-6-8-16(13(2)12-14)18-17(19)9-7-15-5-4-11-21-15/h4-9,11-12H,3,10H2,1-2H3,(H,18,19). The molecule has 2 rings (SSSR count). The monoisotopic (exact) mass is 301 g/mol. The van der Waals surface area contributed by atoms with Crippen molar-refractivity contribution in [3.05, 3.63) is 52.2 Å². The van der Waals surface area contributed by atoms with Crippen molar-refractivity contribution in [2.24, 2.45) is 0 Å². The van der Waals surface area contributed by atoms with Gasteiger partial charge in [0.25, 0.3) is 0 Å². The number of rotatable bonds is 6. The van der Waals surface area contributed by atoms with Crippen LogP contribution < -0.4 is 10.1 Å². The smallest absolute Gasteiger partial charge is 0.248 e. The molecule has 110 valence electrons. The molecule has 0 bridgehead atoms. The van der Waals surface area contributed by atoms with Gasteiger partial charge in [0.1, 0.15) is 5.75 Å². The molecule has 0 saturated carbocycles. The van der Waals surface area contributed by atoms with Crippen LogP contribution in [0.1, 0.15) is 23.8 Å². The van der Waals surface area contributed by atoms with E-state index >= 15 is 0 Å². The van der Waals surface area contributed by atoms with Crippen molar-refractivity contribution in [2.45, 2.75) is 20.3 Å². The second-order valence-corrected chi connectivity index (χ2v) is 5.64. The zero-order chi connectivity index (χ0) is 15.1. The highest BCUT2D eigenvalue weighted by molar-refractivity contribution is 7.10. The predicted octanol–water partition coefficient (Wildman–Crippen LogP) is 4.50. The van der Waals surface area contributed by atoms with E-state index in [2.05, 4.69) is 12.2 Å². The Hall–Kier alpha value is -2.07. The van der Waals surface area contributed by atoms with Crippen LogP contribution >= 0.6 is 11.3 Å². The van der Waals surface area contributed by atoms with Gasteiger partial charge in [-0.15, -0.1) is 11.3 Å². The van der Waals surface area contributed by atoms with Gasteiger partial charge in [-0.3, -0.25) is 4.79 Å². The molecule has 3 nitrogen and oxygen atoms in total. The van der Waals surface area contributed by atoms with Crippen LogP contribution in [0.3, 0.4) is 0 Å². The zero-order valence-corrected chi connectivity index (χ0v) is 13.1. The summed E-state index contributed by atoms with van der Waals surface area (Å²) >= 11 is 1.60. The molecule has 1 N–H and O–H groups in total. The van der Waals surface area contributed by atoms with Crippen molar-refractivity contribution >= 4 is 29.0 Å². The van der Waals surface area contributed by atoms with Gasteiger partial charge in [-0.25, -0.2) is 0 Å². The first-order valence-electron chi connectivity index (χ1n) is 6.95. The van der Waals surface area contributed by atoms with Crippen LogP contribution in [0.15, 0.2) is 41.8 Å². The van der Waals surface area contributed by atoms with Crippen molar-refractivity contribution < 1.29 is 9.53 Å². The first-order chi connectivity index (χ1) is 10.2. The molecule has 1 aromatic heterocycles. The number of thiophene rings is 1. The molecule has 1 heterocycles. The van der Waals surface area contributed by atoms with Gasteiger partial charge in [0.15, 0.2) is 0 Å². The minimum absolute atomic E-state index is 0.131. The van der Waals surface area contributed by atoms with Gasteiger partial charge in [-0.05, 0) is 54.6 Å². The minimum atomic E-state index is -0.131. The molecule has 4 heteroatoms. The number of hydrogen-bond donors (Lipinski definition) is 1. The predicted molar refractivity (Wildman–Crippen MR) is 88.9 cm³/mol. The summed E-state index contributed by atoms with van der Waals surface area (Å²) < 4.78 is 5.57. The van der Waals surface area contributed by atoms with E-state index in [4.69, 9.17) is 4.74 Å². The molecule has 1 amide bonds. The largest absolute Gasteiger partial charge is 0.494 e. The van der Waals surface area contributed by atoms with Crippen LogP contribution in [0.4, 0.5) is 5.69 Å². The fourth-order valence-electron chi connectivity index (χ4n) is 1.80. The lowest BCUT2D eigenvalue weighted by Crippen LogP contribution is -2.09. The molecule has 0 saturated heterocycles. The summed E-state index contributed by atoms with van der Waals surface area (Å²) in [5.41, 5.74) is 1.79. The molecule has 0 fully saturated rings. The van der Waals surface area contributed by atoms with Crippen molar-refractivity contribution in [2.75, 3.05) is 11.9 Å². The average molecular weight is 301 g/mol. The number of aryl methyl sites for hydroxylation is 1. The van der Waals surface area contributed by atoms with Crippen LogP contribution in [0.2, 0.25) is 0 Å². The van der Waals surface area contributed by atoms with E-state index in [1.54, 1.807) is 17.4 Å². The van der Waals surface area contributed by atoms with E-state index in [0.717, 1.165) is 28.3 Å². The van der Waals surface area contributed by atoms with Gasteiger partial charge < -0.3 is 10.1 Å². The zero-order valence-electron chi connectivity index (χ0n) is 12.3. The first kappa shape index (κ1) is 15.3. The Labute approximate surface area is 129 Å². The highest BCUT2D eigenvalue weighted by atomic mass is 32.1.